The maximum atomic E-state index is 5.92. The van der Waals surface area contributed by atoms with Crippen molar-refractivity contribution in [3.8, 4) is 11.5 Å². The van der Waals surface area contributed by atoms with Crippen LogP contribution in [0.4, 0.5) is 0 Å². The lowest BCUT2D eigenvalue weighted by Gasteiger charge is -2.34. The maximum Gasteiger partial charge on any atom is 0.200 e. The monoisotopic (exact) mass is 304 g/mol. The van der Waals surface area contributed by atoms with Crippen LogP contribution in [-0.2, 0) is 6.42 Å². The van der Waals surface area contributed by atoms with Crippen molar-refractivity contribution >= 4 is 17.3 Å². The number of benzene rings is 1. The molecule has 21 heavy (non-hydrogen) atoms. The van der Waals surface area contributed by atoms with Crippen LogP contribution in [0.25, 0.3) is 0 Å². The van der Waals surface area contributed by atoms with Gasteiger partial charge in [-0.15, -0.1) is 0 Å². The summed E-state index contributed by atoms with van der Waals surface area (Å²) in [7, 11) is 1.65. The number of methoxy groups -OCH3 is 1. The standard InChI is InChI=1S/C15H18N3O2S/c1-19-13-4-2-3-10-7-12(9-20-14(10)13)18-11(5-6-16)8-17-15(18)21/h2-4,8,12H,5-7,9,16H2,1H3. The molecule has 1 unspecified atom stereocenters. The fraction of sp³-hybridized carbons (Fsp3) is 0.400. The van der Waals surface area contributed by atoms with Gasteiger partial charge in [-0.3, -0.25) is 0 Å². The molecule has 0 aliphatic carbocycles. The van der Waals surface area contributed by atoms with Crippen molar-refractivity contribution in [1.82, 2.24) is 10.2 Å². The first-order valence-electron chi connectivity index (χ1n) is 6.96. The zero-order valence-electron chi connectivity index (χ0n) is 11.9. The van der Waals surface area contributed by atoms with Crippen molar-refractivity contribution in [3.05, 3.63) is 35.7 Å². The van der Waals surface area contributed by atoms with Crippen LogP contribution in [0.2, 0.25) is 0 Å². The van der Waals surface area contributed by atoms with Crippen LogP contribution in [0, 0.1) is 0 Å². The molecule has 2 aliphatic rings. The van der Waals surface area contributed by atoms with E-state index >= 15 is 0 Å². The molecule has 0 aromatic heterocycles. The number of hydrogen-bond donors (Lipinski definition) is 1. The third-order valence-corrected chi connectivity index (χ3v) is 4.06. The zero-order valence-corrected chi connectivity index (χ0v) is 12.7. The number of nitrogens with two attached hydrogens (primary N) is 1. The Morgan fingerprint density at radius 3 is 3.14 bits per heavy atom. The number of rotatable bonds is 4. The lowest BCUT2D eigenvalue weighted by molar-refractivity contribution is 0.189. The summed E-state index contributed by atoms with van der Waals surface area (Å²) in [5.41, 5.74) is 7.86. The van der Waals surface area contributed by atoms with E-state index in [1.807, 2.05) is 18.3 Å². The molecule has 0 bridgehead atoms. The molecule has 0 amide bonds. The number of fused-ring (bicyclic) bond motifs is 1. The number of para-hydroxylation sites is 1. The molecule has 1 radical (unpaired) electrons. The molecule has 2 N–H and O–H groups in total. The van der Waals surface area contributed by atoms with Crippen molar-refractivity contribution in [2.75, 3.05) is 20.3 Å². The molecule has 0 saturated heterocycles. The van der Waals surface area contributed by atoms with E-state index < -0.39 is 0 Å². The number of ether oxygens (including phenoxy) is 2. The molecule has 0 saturated carbocycles. The van der Waals surface area contributed by atoms with Gasteiger partial charge in [0.2, 0.25) is 0 Å². The van der Waals surface area contributed by atoms with Gasteiger partial charge in [-0.25, -0.2) is 5.32 Å². The summed E-state index contributed by atoms with van der Waals surface area (Å²) >= 11 is 5.35. The van der Waals surface area contributed by atoms with Gasteiger partial charge in [0, 0.05) is 30.3 Å². The van der Waals surface area contributed by atoms with Gasteiger partial charge in [0.05, 0.1) is 13.2 Å². The van der Waals surface area contributed by atoms with Crippen molar-refractivity contribution in [2.45, 2.75) is 18.9 Å². The molecule has 2 heterocycles. The van der Waals surface area contributed by atoms with E-state index in [4.69, 9.17) is 27.4 Å². The van der Waals surface area contributed by atoms with Crippen LogP contribution in [0.1, 0.15) is 12.0 Å². The van der Waals surface area contributed by atoms with Crippen LogP contribution in [0.15, 0.2) is 30.1 Å². The van der Waals surface area contributed by atoms with Gasteiger partial charge in [-0.1, -0.05) is 12.1 Å². The van der Waals surface area contributed by atoms with Gasteiger partial charge in [-0.2, -0.15) is 0 Å². The number of thiocarbonyl (C=S) groups is 1. The molecule has 111 valence electrons. The first-order chi connectivity index (χ1) is 10.2. The predicted octanol–water partition coefficient (Wildman–Crippen LogP) is 1.39. The minimum atomic E-state index is 0.154. The Morgan fingerprint density at radius 1 is 1.52 bits per heavy atom. The van der Waals surface area contributed by atoms with E-state index in [2.05, 4.69) is 16.3 Å². The molecular weight excluding hydrogens is 286 g/mol. The van der Waals surface area contributed by atoms with Gasteiger partial charge < -0.3 is 20.1 Å². The zero-order chi connectivity index (χ0) is 14.8. The molecule has 1 atom stereocenters. The fourth-order valence-corrected chi connectivity index (χ4v) is 3.12. The Balaban J connectivity index is 1.83. The third kappa shape index (κ3) is 2.56. The lowest BCUT2D eigenvalue weighted by Crippen LogP contribution is -2.44. The molecule has 2 aliphatic heterocycles. The van der Waals surface area contributed by atoms with Crippen molar-refractivity contribution in [1.29, 1.82) is 0 Å². The molecule has 3 rings (SSSR count). The Bertz CT molecular complexity index is 588. The van der Waals surface area contributed by atoms with E-state index in [9.17, 15) is 0 Å². The summed E-state index contributed by atoms with van der Waals surface area (Å²) in [5.74, 6) is 1.61. The highest BCUT2D eigenvalue weighted by Crippen LogP contribution is 2.36. The Hall–Kier alpha value is -1.79. The molecular formula is C15H18N3O2S. The van der Waals surface area contributed by atoms with E-state index in [-0.39, 0.29) is 6.04 Å². The lowest BCUT2D eigenvalue weighted by atomic mass is 10.0. The van der Waals surface area contributed by atoms with E-state index in [1.165, 1.54) is 0 Å². The van der Waals surface area contributed by atoms with Crippen LogP contribution < -0.4 is 20.5 Å². The highest BCUT2D eigenvalue weighted by atomic mass is 32.1. The highest BCUT2D eigenvalue weighted by Gasteiger charge is 2.33. The smallest absolute Gasteiger partial charge is 0.200 e. The fourth-order valence-electron chi connectivity index (χ4n) is 2.81. The third-order valence-electron chi connectivity index (χ3n) is 3.76. The van der Waals surface area contributed by atoms with E-state index in [1.54, 1.807) is 7.11 Å². The first-order valence-corrected chi connectivity index (χ1v) is 7.37. The van der Waals surface area contributed by atoms with Gasteiger partial charge in [0.15, 0.2) is 16.6 Å². The van der Waals surface area contributed by atoms with Crippen LogP contribution >= 0.6 is 12.2 Å². The second kappa shape index (κ2) is 5.91. The molecule has 1 aromatic rings. The Labute approximate surface area is 129 Å². The largest absolute Gasteiger partial charge is 0.493 e. The van der Waals surface area contributed by atoms with Gasteiger partial charge in [0.1, 0.15) is 6.61 Å². The van der Waals surface area contributed by atoms with Gasteiger partial charge in [-0.05, 0) is 24.8 Å². The van der Waals surface area contributed by atoms with Crippen LogP contribution in [0.5, 0.6) is 11.5 Å². The SMILES string of the molecule is COc1cccc2c1OCC(N1C(=S)[N]C=C1CCN)C2. The summed E-state index contributed by atoms with van der Waals surface area (Å²) in [4.78, 5) is 2.07. The van der Waals surface area contributed by atoms with Crippen LogP contribution in [-0.4, -0.2) is 36.3 Å². The van der Waals surface area contributed by atoms with Crippen molar-refractivity contribution in [2.24, 2.45) is 5.73 Å². The summed E-state index contributed by atoms with van der Waals surface area (Å²) < 4.78 is 11.3. The Kier molecular flexibility index (Phi) is 3.98. The van der Waals surface area contributed by atoms with Crippen LogP contribution in [0.3, 0.4) is 0 Å². The quantitative estimate of drug-likeness (QED) is 0.852. The van der Waals surface area contributed by atoms with E-state index in [0.29, 0.717) is 18.3 Å². The second-order valence-electron chi connectivity index (χ2n) is 5.06. The minimum Gasteiger partial charge on any atom is -0.493 e. The maximum absolute atomic E-state index is 5.92. The average Bonchev–Trinajstić information content (AvgIpc) is 2.87. The number of hydrogen-bond acceptors (Lipinski definition) is 4. The van der Waals surface area contributed by atoms with Crippen molar-refractivity contribution < 1.29 is 9.47 Å². The Morgan fingerprint density at radius 2 is 2.38 bits per heavy atom. The molecule has 5 nitrogen and oxygen atoms in total. The molecule has 1 aromatic carbocycles. The van der Waals surface area contributed by atoms with Gasteiger partial charge in [0.25, 0.3) is 0 Å². The first kappa shape index (κ1) is 14.2. The molecule has 0 spiro atoms. The summed E-state index contributed by atoms with van der Waals surface area (Å²) in [6.07, 6.45) is 3.44. The topological polar surface area (TPSA) is 61.8 Å². The van der Waals surface area contributed by atoms with Gasteiger partial charge >= 0.3 is 0 Å². The summed E-state index contributed by atoms with van der Waals surface area (Å²) in [5, 5.41) is 4.84. The molecule has 0 fully saturated rings. The molecule has 6 heteroatoms. The number of nitrogens with zero attached hydrogens (tertiary/aromatic N) is 2. The predicted molar refractivity (Wildman–Crippen MR) is 84.3 cm³/mol. The summed E-state index contributed by atoms with van der Waals surface area (Å²) in [6, 6.07) is 6.11. The normalized spacial score (nSPS) is 20.5. The summed E-state index contributed by atoms with van der Waals surface area (Å²) in [6.45, 7) is 1.14. The average molecular weight is 304 g/mol. The highest BCUT2D eigenvalue weighted by molar-refractivity contribution is 7.80. The van der Waals surface area contributed by atoms with E-state index in [0.717, 1.165) is 35.6 Å². The van der Waals surface area contributed by atoms with Crippen molar-refractivity contribution in [3.63, 3.8) is 0 Å². The second-order valence-corrected chi connectivity index (χ2v) is 5.42. The minimum absolute atomic E-state index is 0.154.